The molecule has 0 fully saturated rings. The van der Waals surface area contributed by atoms with Crippen LogP contribution in [0.25, 0.3) is 0 Å². The molecule has 0 aromatic rings. The van der Waals surface area contributed by atoms with Crippen LogP contribution in [0, 0.1) is 5.92 Å². The van der Waals surface area contributed by atoms with Gasteiger partial charge < -0.3 is 10.6 Å². The van der Waals surface area contributed by atoms with Crippen molar-refractivity contribution < 1.29 is 4.79 Å². The zero-order valence-corrected chi connectivity index (χ0v) is 10.8. The molecule has 0 aliphatic rings. The van der Waals surface area contributed by atoms with Crippen molar-refractivity contribution in [2.24, 2.45) is 11.7 Å². The summed E-state index contributed by atoms with van der Waals surface area (Å²) in [6, 6.07) is -0.0461. The van der Waals surface area contributed by atoms with Crippen LogP contribution < -0.4 is 5.73 Å². The van der Waals surface area contributed by atoms with Crippen LogP contribution in [0.1, 0.15) is 47.5 Å². The Morgan fingerprint density at radius 2 is 1.67 bits per heavy atom. The van der Waals surface area contributed by atoms with Crippen molar-refractivity contribution >= 4 is 5.91 Å². The van der Waals surface area contributed by atoms with E-state index in [0.717, 1.165) is 19.4 Å². The smallest absolute Gasteiger partial charge is 0.239 e. The number of amides is 1. The molecule has 2 N–H and O–H groups in total. The summed E-state index contributed by atoms with van der Waals surface area (Å²) in [5.41, 5.74) is 5.67. The van der Waals surface area contributed by atoms with Gasteiger partial charge in [0.2, 0.25) is 5.91 Å². The minimum atomic E-state index is -0.385. The van der Waals surface area contributed by atoms with E-state index in [-0.39, 0.29) is 11.9 Å². The van der Waals surface area contributed by atoms with E-state index in [9.17, 15) is 4.79 Å². The van der Waals surface area contributed by atoms with Gasteiger partial charge in [0.25, 0.3) is 0 Å². The maximum absolute atomic E-state index is 11.9. The van der Waals surface area contributed by atoms with Crippen molar-refractivity contribution in [2.45, 2.75) is 59.5 Å². The predicted molar refractivity (Wildman–Crippen MR) is 64.6 cm³/mol. The SMILES string of the molecule is CCC(CC)N(CC(C)C)C(=O)[C@H](C)N. The Balaban J connectivity index is 4.62. The molecule has 0 aromatic carbocycles. The van der Waals surface area contributed by atoms with E-state index in [1.165, 1.54) is 0 Å². The predicted octanol–water partition coefficient (Wildman–Crippen LogP) is 2.01. The van der Waals surface area contributed by atoms with Gasteiger partial charge in [0.1, 0.15) is 0 Å². The Labute approximate surface area is 94.0 Å². The maximum atomic E-state index is 11.9. The number of hydrogen-bond acceptors (Lipinski definition) is 2. The van der Waals surface area contributed by atoms with Gasteiger partial charge >= 0.3 is 0 Å². The maximum Gasteiger partial charge on any atom is 0.239 e. The van der Waals surface area contributed by atoms with Crippen LogP contribution in [0.5, 0.6) is 0 Å². The molecule has 0 saturated carbocycles. The van der Waals surface area contributed by atoms with Crippen LogP contribution >= 0.6 is 0 Å². The van der Waals surface area contributed by atoms with Crippen LogP contribution in [-0.2, 0) is 4.79 Å². The van der Waals surface area contributed by atoms with E-state index in [0.29, 0.717) is 12.0 Å². The van der Waals surface area contributed by atoms with Crippen LogP contribution in [0.2, 0.25) is 0 Å². The van der Waals surface area contributed by atoms with Gasteiger partial charge in [-0.1, -0.05) is 27.7 Å². The van der Waals surface area contributed by atoms with Crippen LogP contribution in [0.4, 0.5) is 0 Å². The van der Waals surface area contributed by atoms with Crippen molar-refractivity contribution in [3.63, 3.8) is 0 Å². The lowest BCUT2D eigenvalue weighted by atomic mass is 10.1. The van der Waals surface area contributed by atoms with E-state index < -0.39 is 0 Å². The molecule has 0 aliphatic carbocycles. The monoisotopic (exact) mass is 214 g/mol. The van der Waals surface area contributed by atoms with Crippen molar-refractivity contribution in [3.05, 3.63) is 0 Å². The van der Waals surface area contributed by atoms with Crippen LogP contribution in [0.15, 0.2) is 0 Å². The summed E-state index contributed by atoms with van der Waals surface area (Å²) in [6.07, 6.45) is 2.00. The Bertz CT molecular complexity index is 186. The fraction of sp³-hybridized carbons (Fsp3) is 0.917. The molecule has 0 aromatic heterocycles. The van der Waals surface area contributed by atoms with Crippen LogP contribution in [0.3, 0.4) is 0 Å². The molecule has 0 rings (SSSR count). The van der Waals surface area contributed by atoms with Gasteiger partial charge in [-0.25, -0.2) is 0 Å². The number of nitrogens with zero attached hydrogens (tertiary/aromatic N) is 1. The lowest BCUT2D eigenvalue weighted by molar-refractivity contribution is -0.135. The fourth-order valence-electron chi connectivity index (χ4n) is 1.80. The summed E-state index contributed by atoms with van der Waals surface area (Å²) in [6.45, 7) is 11.1. The fourth-order valence-corrected chi connectivity index (χ4v) is 1.80. The molecule has 15 heavy (non-hydrogen) atoms. The normalized spacial score (nSPS) is 13.3. The molecule has 0 unspecified atom stereocenters. The highest BCUT2D eigenvalue weighted by Crippen LogP contribution is 2.12. The first-order chi connectivity index (χ1) is 6.93. The molecule has 90 valence electrons. The highest BCUT2D eigenvalue weighted by molar-refractivity contribution is 5.81. The molecule has 3 heteroatoms. The molecule has 0 bridgehead atoms. The Morgan fingerprint density at radius 3 is 1.93 bits per heavy atom. The molecule has 0 heterocycles. The van der Waals surface area contributed by atoms with E-state index in [1.807, 2.05) is 4.90 Å². The molecular formula is C12H26N2O. The van der Waals surface area contributed by atoms with Gasteiger partial charge in [-0.3, -0.25) is 4.79 Å². The minimum absolute atomic E-state index is 0.0809. The van der Waals surface area contributed by atoms with E-state index >= 15 is 0 Å². The number of nitrogens with two attached hydrogens (primary N) is 1. The highest BCUT2D eigenvalue weighted by atomic mass is 16.2. The Hall–Kier alpha value is -0.570. The van der Waals surface area contributed by atoms with Gasteiger partial charge in [0, 0.05) is 12.6 Å². The second-order valence-corrected chi connectivity index (χ2v) is 4.64. The van der Waals surface area contributed by atoms with E-state index in [4.69, 9.17) is 5.73 Å². The first-order valence-corrected chi connectivity index (χ1v) is 6.00. The topological polar surface area (TPSA) is 46.3 Å². The summed E-state index contributed by atoms with van der Waals surface area (Å²) in [5.74, 6) is 0.575. The second-order valence-electron chi connectivity index (χ2n) is 4.64. The largest absolute Gasteiger partial charge is 0.338 e. The molecule has 0 radical (unpaired) electrons. The van der Waals surface area contributed by atoms with E-state index in [2.05, 4.69) is 27.7 Å². The second kappa shape index (κ2) is 6.83. The highest BCUT2D eigenvalue weighted by Gasteiger charge is 2.23. The summed E-state index contributed by atoms with van der Waals surface area (Å²) < 4.78 is 0. The summed E-state index contributed by atoms with van der Waals surface area (Å²) in [5, 5.41) is 0. The minimum Gasteiger partial charge on any atom is -0.338 e. The van der Waals surface area contributed by atoms with Crippen LogP contribution in [-0.4, -0.2) is 29.4 Å². The van der Waals surface area contributed by atoms with Gasteiger partial charge in [-0.05, 0) is 25.7 Å². The summed E-state index contributed by atoms with van der Waals surface area (Å²) >= 11 is 0. The number of carbonyl (C=O) groups excluding carboxylic acids is 1. The average Bonchev–Trinajstić information content (AvgIpc) is 2.16. The Kier molecular flexibility index (Phi) is 6.57. The zero-order valence-electron chi connectivity index (χ0n) is 10.8. The van der Waals surface area contributed by atoms with Gasteiger partial charge in [-0.15, -0.1) is 0 Å². The summed E-state index contributed by atoms with van der Waals surface area (Å²) in [4.78, 5) is 13.9. The third-order valence-corrected chi connectivity index (χ3v) is 2.62. The molecule has 1 amide bonds. The molecule has 1 atom stereocenters. The van der Waals surface area contributed by atoms with Crippen molar-refractivity contribution in [3.8, 4) is 0 Å². The zero-order chi connectivity index (χ0) is 12.0. The van der Waals surface area contributed by atoms with Gasteiger partial charge in [-0.2, -0.15) is 0 Å². The average molecular weight is 214 g/mol. The number of carbonyl (C=O) groups is 1. The molecule has 3 nitrogen and oxygen atoms in total. The number of hydrogen-bond donors (Lipinski definition) is 1. The van der Waals surface area contributed by atoms with Gasteiger partial charge in [0.15, 0.2) is 0 Å². The standard InChI is InChI=1S/C12H26N2O/c1-6-11(7-2)14(8-9(3)4)12(15)10(5)13/h9-11H,6-8,13H2,1-5H3/t10-/m0/s1. The van der Waals surface area contributed by atoms with Gasteiger partial charge in [0.05, 0.1) is 6.04 Å². The lowest BCUT2D eigenvalue weighted by Crippen LogP contribution is -2.48. The first-order valence-electron chi connectivity index (χ1n) is 6.00. The Morgan fingerprint density at radius 1 is 1.20 bits per heavy atom. The molecule has 0 aliphatic heterocycles. The molecular weight excluding hydrogens is 188 g/mol. The third-order valence-electron chi connectivity index (χ3n) is 2.62. The molecule has 0 spiro atoms. The number of rotatable bonds is 6. The van der Waals surface area contributed by atoms with Crippen molar-refractivity contribution in [1.29, 1.82) is 0 Å². The third kappa shape index (κ3) is 4.65. The van der Waals surface area contributed by atoms with Crippen molar-refractivity contribution in [1.82, 2.24) is 4.90 Å². The first kappa shape index (κ1) is 14.4. The molecule has 0 saturated heterocycles. The van der Waals surface area contributed by atoms with E-state index in [1.54, 1.807) is 6.92 Å². The quantitative estimate of drug-likeness (QED) is 0.735. The summed E-state index contributed by atoms with van der Waals surface area (Å²) in [7, 11) is 0. The van der Waals surface area contributed by atoms with Crippen molar-refractivity contribution in [2.75, 3.05) is 6.54 Å². The lowest BCUT2D eigenvalue weighted by Gasteiger charge is -2.33.